The number of piperidine rings is 1. The minimum Gasteiger partial charge on any atom is -0.481 e. The Morgan fingerprint density at radius 3 is 2.64 bits per heavy atom. The van der Waals surface area contributed by atoms with Crippen molar-refractivity contribution in [1.82, 2.24) is 4.90 Å². The van der Waals surface area contributed by atoms with Gasteiger partial charge in [0.15, 0.2) is 0 Å². The monoisotopic (exact) mass is 341 g/mol. The molecule has 0 bridgehead atoms. The number of nitrogens with zero attached hydrogens (tertiary/aromatic N) is 1. The molecule has 6 heteroatoms. The van der Waals surface area contributed by atoms with Crippen LogP contribution in [-0.4, -0.2) is 40.7 Å². The second kappa shape index (κ2) is 7.88. The molecule has 0 radical (unpaired) electrons. The molecule has 1 aromatic carbocycles. The van der Waals surface area contributed by atoms with E-state index in [0.29, 0.717) is 23.7 Å². The van der Waals surface area contributed by atoms with Gasteiger partial charge in [-0.3, -0.25) is 9.59 Å². The molecule has 1 aromatic rings. The minimum absolute atomic E-state index is 0.0152. The molecule has 0 aromatic heterocycles. The molecule has 0 unspecified atom stereocenters. The van der Waals surface area contributed by atoms with Gasteiger partial charge in [-0.2, -0.15) is 0 Å². The molecule has 1 N–H and O–H groups in total. The van der Waals surface area contributed by atoms with E-state index in [1.165, 1.54) is 0 Å². The van der Waals surface area contributed by atoms with Gasteiger partial charge in [0.25, 0.3) is 5.91 Å². The Hall–Kier alpha value is -1.20. The van der Waals surface area contributed by atoms with Crippen molar-refractivity contribution in [3.8, 4) is 0 Å². The van der Waals surface area contributed by atoms with Crippen LogP contribution >= 0.6 is 23.4 Å². The summed E-state index contributed by atoms with van der Waals surface area (Å²) < 4.78 is 0. The number of halogens is 1. The second-order valence-electron chi connectivity index (χ2n) is 5.41. The average molecular weight is 342 g/mol. The third kappa shape index (κ3) is 4.40. The van der Waals surface area contributed by atoms with Crippen LogP contribution in [0.15, 0.2) is 23.1 Å². The van der Waals surface area contributed by atoms with Gasteiger partial charge < -0.3 is 10.0 Å². The van der Waals surface area contributed by atoms with E-state index in [1.54, 1.807) is 23.9 Å². The quantitative estimate of drug-likeness (QED) is 0.828. The van der Waals surface area contributed by atoms with E-state index in [9.17, 15) is 9.59 Å². The normalized spacial score (nSPS) is 15.8. The number of hydrogen-bond acceptors (Lipinski definition) is 3. The van der Waals surface area contributed by atoms with Gasteiger partial charge >= 0.3 is 5.97 Å². The van der Waals surface area contributed by atoms with Crippen LogP contribution in [0.3, 0.4) is 0 Å². The molecule has 0 aliphatic carbocycles. The zero-order valence-electron chi connectivity index (χ0n) is 12.5. The predicted molar refractivity (Wildman–Crippen MR) is 88.7 cm³/mol. The fourth-order valence-corrected chi connectivity index (χ4v) is 3.77. The van der Waals surface area contributed by atoms with E-state index in [2.05, 4.69) is 0 Å². The first-order chi connectivity index (χ1) is 10.5. The molecule has 22 heavy (non-hydrogen) atoms. The summed E-state index contributed by atoms with van der Waals surface area (Å²) in [7, 11) is 0. The summed E-state index contributed by atoms with van der Waals surface area (Å²) in [5.41, 5.74) is 0.688. The van der Waals surface area contributed by atoms with Crippen molar-refractivity contribution in [1.29, 1.82) is 0 Å². The molecule has 2 rings (SSSR count). The van der Waals surface area contributed by atoms with Gasteiger partial charge in [-0.25, -0.2) is 0 Å². The highest BCUT2D eigenvalue weighted by Gasteiger charge is 2.26. The molecule has 1 aliphatic heterocycles. The lowest BCUT2D eigenvalue weighted by atomic mass is 9.93. The molecule has 4 nitrogen and oxygen atoms in total. The number of rotatable bonds is 5. The van der Waals surface area contributed by atoms with Gasteiger partial charge in [-0.1, -0.05) is 18.5 Å². The number of benzene rings is 1. The van der Waals surface area contributed by atoms with Gasteiger partial charge in [0.1, 0.15) is 0 Å². The number of hydrogen-bond donors (Lipinski definition) is 1. The standard InChI is InChI=1S/C16H20ClNO3S/c1-2-22-14-10-12(17)3-4-13(14)16(21)18-7-5-11(6-8-18)9-15(19)20/h3-4,10-11H,2,5-9H2,1H3,(H,19,20). The molecule has 0 saturated carbocycles. The summed E-state index contributed by atoms with van der Waals surface area (Å²) in [5, 5.41) is 9.48. The van der Waals surface area contributed by atoms with Crippen molar-refractivity contribution < 1.29 is 14.7 Å². The highest BCUT2D eigenvalue weighted by atomic mass is 35.5. The first kappa shape index (κ1) is 17.2. The smallest absolute Gasteiger partial charge is 0.303 e. The Kier molecular flexibility index (Phi) is 6.15. The lowest BCUT2D eigenvalue weighted by Gasteiger charge is -2.31. The molecule has 0 atom stereocenters. The van der Waals surface area contributed by atoms with Gasteiger partial charge in [0, 0.05) is 29.4 Å². The molecular formula is C16H20ClNO3S. The molecule has 1 fully saturated rings. The van der Waals surface area contributed by atoms with E-state index in [-0.39, 0.29) is 18.2 Å². The van der Waals surface area contributed by atoms with Crippen LogP contribution in [0.25, 0.3) is 0 Å². The van der Waals surface area contributed by atoms with Crippen molar-refractivity contribution in [3.63, 3.8) is 0 Å². The number of thioether (sulfide) groups is 1. The maximum absolute atomic E-state index is 12.7. The topological polar surface area (TPSA) is 57.6 Å². The van der Waals surface area contributed by atoms with Crippen molar-refractivity contribution in [2.24, 2.45) is 5.92 Å². The van der Waals surface area contributed by atoms with Crippen LogP contribution in [0.4, 0.5) is 0 Å². The van der Waals surface area contributed by atoms with Crippen molar-refractivity contribution >= 4 is 35.2 Å². The van der Waals surface area contributed by atoms with Crippen LogP contribution in [0.1, 0.15) is 36.5 Å². The molecule has 1 amide bonds. The SMILES string of the molecule is CCSc1cc(Cl)ccc1C(=O)N1CCC(CC(=O)O)CC1. The van der Waals surface area contributed by atoms with Gasteiger partial charge in [0.05, 0.1) is 5.56 Å². The van der Waals surface area contributed by atoms with E-state index < -0.39 is 5.97 Å². The third-order valence-corrected chi connectivity index (χ3v) is 5.01. The number of amides is 1. The van der Waals surface area contributed by atoms with Crippen LogP contribution in [0.2, 0.25) is 5.02 Å². The first-order valence-corrected chi connectivity index (χ1v) is 8.81. The van der Waals surface area contributed by atoms with E-state index >= 15 is 0 Å². The number of carboxylic acid groups (broad SMARTS) is 1. The lowest BCUT2D eigenvalue weighted by molar-refractivity contribution is -0.138. The Morgan fingerprint density at radius 1 is 1.36 bits per heavy atom. The summed E-state index contributed by atoms with van der Waals surface area (Å²) in [6.07, 6.45) is 1.70. The Labute approximate surface area is 139 Å². The maximum Gasteiger partial charge on any atom is 0.303 e. The van der Waals surface area contributed by atoms with Crippen LogP contribution < -0.4 is 0 Å². The highest BCUT2D eigenvalue weighted by molar-refractivity contribution is 7.99. The molecule has 120 valence electrons. The Morgan fingerprint density at radius 2 is 2.05 bits per heavy atom. The van der Waals surface area contributed by atoms with Crippen molar-refractivity contribution in [3.05, 3.63) is 28.8 Å². The fraction of sp³-hybridized carbons (Fsp3) is 0.500. The molecule has 1 heterocycles. The van der Waals surface area contributed by atoms with Gasteiger partial charge in [0.2, 0.25) is 0 Å². The first-order valence-electron chi connectivity index (χ1n) is 7.44. The van der Waals surface area contributed by atoms with E-state index in [4.69, 9.17) is 16.7 Å². The van der Waals surface area contributed by atoms with E-state index in [0.717, 1.165) is 23.5 Å². The zero-order valence-corrected chi connectivity index (χ0v) is 14.1. The minimum atomic E-state index is -0.760. The summed E-state index contributed by atoms with van der Waals surface area (Å²) in [6.45, 7) is 3.28. The van der Waals surface area contributed by atoms with Crippen LogP contribution in [-0.2, 0) is 4.79 Å². The van der Waals surface area contributed by atoms with Crippen molar-refractivity contribution in [2.75, 3.05) is 18.8 Å². The van der Waals surface area contributed by atoms with Crippen molar-refractivity contribution in [2.45, 2.75) is 31.1 Å². The Bertz CT molecular complexity index is 556. The molecule has 1 saturated heterocycles. The van der Waals surface area contributed by atoms with Crippen LogP contribution in [0, 0.1) is 5.92 Å². The summed E-state index contributed by atoms with van der Waals surface area (Å²) in [6, 6.07) is 5.36. The molecule has 0 spiro atoms. The maximum atomic E-state index is 12.7. The summed E-state index contributed by atoms with van der Waals surface area (Å²) in [5.74, 6) is 0.308. The molecule has 1 aliphatic rings. The van der Waals surface area contributed by atoms with Gasteiger partial charge in [-0.15, -0.1) is 11.8 Å². The largest absolute Gasteiger partial charge is 0.481 e. The van der Waals surface area contributed by atoms with E-state index in [1.807, 2.05) is 17.9 Å². The second-order valence-corrected chi connectivity index (χ2v) is 7.15. The number of carbonyl (C=O) groups excluding carboxylic acids is 1. The number of likely N-dealkylation sites (tertiary alicyclic amines) is 1. The number of aliphatic carboxylic acids is 1. The summed E-state index contributed by atoms with van der Waals surface area (Å²) >= 11 is 7.62. The highest BCUT2D eigenvalue weighted by Crippen LogP contribution is 2.29. The molecular weight excluding hydrogens is 322 g/mol. The number of carboxylic acids is 1. The number of carbonyl (C=O) groups is 2. The van der Waals surface area contributed by atoms with Crippen LogP contribution in [0.5, 0.6) is 0 Å². The lowest BCUT2D eigenvalue weighted by Crippen LogP contribution is -2.39. The van der Waals surface area contributed by atoms with Gasteiger partial charge in [-0.05, 0) is 42.7 Å². The Balaban J connectivity index is 2.05. The fourth-order valence-electron chi connectivity index (χ4n) is 2.71. The summed E-state index contributed by atoms with van der Waals surface area (Å²) in [4.78, 5) is 26.2. The zero-order chi connectivity index (χ0) is 16.1. The third-order valence-electron chi connectivity index (χ3n) is 3.84. The predicted octanol–water partition coefficient (Wildman–Crippen LogP) is 3.78. The average Bonchev–Trinajstić information content (AvgIpc) is 2.47.